The predicted molar refractivity (Wildman–Crippen MR) is 100 cm³/mol. The standard InChI is InChI=1S/C20H32N2O3/c1-15(2)14-22(20(23)17-7-10-21-11-8-17)12-9-16-5-6-18(24-3)19(13-16)25-4/h5-6,13,15,17,21H,7-12,14H2,1-4H3. The normalized spacial score (nSPS) is 15.2. The highest BCUT2D eigenvalue weighted by Gasteiger charge is 2.26. The maximum absolute atomic E-state index is 12.9. The van der Waals surface area contributed by atoms with E-state index in [4.69, 9.17) is 9.47 Å². The average Bonchev–Trinajstić information content (AvgIpc) is 2.64. The van der Waals surface area contributed by atoms with E-state index in [0.29, 0.717) is 11.8 Å². The molecule has 25 heavy (non-hydrogen) atoms. The molecular weight excluding hydrogens is 316 g/mol. The lowest BCUT2D eigenvalue weighted by molar-refractivity contribution is -0.136. The van der Waals surface area contributed by atoms with Crippen molar-refractivity contribution in [2.75, 3.05) is 40.4 Å². The Morgan fingerprint density at radius 1 is 1.20 bits per heavy atom. The molecule has 140 valence electrons. The maximum atomic E-state index is 12.9. The highest BCUT2D eigenvalue weighted by Crippen LogP contribution is 2.28. The summed E-state index contributed by atoms with van der Waals surface area (Å²) in [7, 11) is 3.28. The second kappa shape index (κ2) is 9.66. The number of piperidine rings is 1. The van der Waals surface area contributed by atoms with Gasteiger partial charge in [0.05, 0.1) is 14.2 Å². The van der Waals surface area contributed by atoms with E-state index in [1.165, 1.54) is 0 Å². The van der Waals surface area contributed by atoms with Crippen LogP contribution >= 0.6 is 0 Å². The number of ether oxygens (including phenoxy) is 2. The Morgan fingerprint density at radius 3 is 2.48 bits per heavy atom. The molecule has 2 rings (SSSR count). The van der Waals surface area contributed by atoms with Gasteiger partial charge in [0, 0.05) is 19.0 Å². The summed E-state index contributed by atoms with van der Waals surface area (Å²) in [6, 6.07) is 5.97. The first-order valence-electron chi connectivity index (χ1n) is 9.25. The van der Waals surface area contributed by atoms with Gasteiger partial charge in [-0.1, -0.05) is 19.9 Å². The van der Waals surface area contributed by atoms with E-state index in [9.17, 15) is 4.79 Å². The number of rotatable bonds is 8. The third-order valence-corrected chi connectivity index (χ3v) is 4.70. The Balaban J connectivity index is 2.02. The molecule has 0 aromatic heterocycles. The Hall–Kier alpha value is -1.75. The van der Waals surface area contributed by atoms with Gasteiger partial charge in [-0.3, -0.25) is 4.79 Å². The number of hydrogen-bond donors (Lipinski definition) is 1. The molecule has 0 spiro atoms. The van der Waals surface area contributed by atoms with Crippen molar-refractivity contribution in [3.8, 4) is 11.5 Å². The van der Waals surface area contributed by atoms with Gasteiger partial charge in [-0.25, -0.2) is 0 Å². The summed E-state index contributed by atoms with van der Waals surface area (Å²) in [6.45, 7) is 7.79. The van der Waals surface area contributed by atoms with E-state index in [0.717, 1.165) is 62.5 Å². The molecule has 5 heteroatoms. The van der Waals surface area contributed by atoms with Crippen molar-refractivity contribution < 1.29 is 14.3 Å². The number of hydrogen-bond acceptors (Lipinski definition) is 4. The van der Waals surface area contributed by atoms with E-state index in [1.807, 2.05) is 18.2 Å². The largest absolute Gasteiger partial charge is 0.493 e. The lowest BCUT2D eigenvalue weighted by Gasteiger charge is -2.31. The fraction of sp³-hybridized carbons (Fsp3) is 0.650. The molecule has 0 bridgehead atoms. The zero-order valence-electron chi connectivity index (χ0n) is 16.0. The SMILES string of the molecule is COc1ccc(CCN(CC(C)C)C(=O)C2CCNCC2)cc1OC. The second-order valence-corrected chi connectivity index (χ2v) is 7.14. The zero-order chi connectivity index (χ0) is 18.2. The fourth-order valence-corrected chi connectivity index (χ4v) is 3.36. The molecule has 1 fully saturated rings. The summed E-state index contributed by atoms with van der Waals surface area (Å²) in [5.41, 5.74) is 1.16. The first-order chi connectivity index (χ1) is 12.0. The molecule has 0 unspecified atom stereocenters. The third-order valence-electron chi connectivity index (χ3n) is 4.70. The van der Waals surface area contributed by atoms with Crippen molar-refractivity contribution in [3.63, 3.8) is 0 Å². The average molecular weight is 348 g/mol. The van der Waals surface area contributed by atoms with Crippen LogP contribution in [0.1, 0.15) is 32.3 Å². The molecule has 1 heterocycles. The molecule has 1 aliphatic heterocycles. The fourth-order valence-electron chi connectivity index (χ4n) is 3.36. The number of nitrogens with zero attached hydrogens (tertiary/aromatic N) is 1. The van der Waals surface area contributed by atoms with Crippen LogP contribution in [0, 0.1) is 11.8 Å². The lowest BCUT2D eigenvalue weighted by Crippen LogP contribution is -2.43. The van der Waals surface area contributed by atoms with Gasteiger partial charge in [-0.2, -0.15) is 0 Å². The number of methoxy groups -OCH3 is 2. The summed E-state index contributed by atoms with van der Waals surface area (Å²) < 4.78 is 10.7. The summed E-state index contributed by atoms with van der Waals surface area (Å²) >= 11 is 0. The maximum Gasteiger partial charge on any atom is 0.225 e. The van der Waals surface area contributed by atoms with Gasteiger partial charge in [-0.15, -0.1) is 0 Å². The summed E-state index contributed by atoms with van der Waals surface area (Å²) in [4.78, 5) is 15.0. The van der Waals surface area contributed by atoms with Gasteiger partial charge >= 0.3 is 0 Å². The van der Waals surface area contributed by atoms with Crippen molar-refractivity contribution >= 4 is 5.91 Å². The van der Waals surface area contributed by atoms with Gasteiger partial charge in [0.15, 0.2) is 11.5 Å². The molecule has 1 aromatic rings. The molecule has 0 atom stereocenters. The number of amides is 1. The molecular formula is C20H32N2O3. The molecule has 5 nitrogen and oxygen atoms in total. The highest BCUT2D eigenvalue weighted by molar-refractivity contribution is 5.79. The molecule has 1 N–H and O–H groups in total. The smallest absolute Gasteiger partial charge is 0.225 e. The Kier molecular flexibility index (Phi) is 7.56. The first kappa shape index (κ1) is 19.6. The first-order valence-corrected chi connectivity index (χ1v) is 9.25. The molecule has 1 amide bonds. The minimum Gasteiger partial charge on any atom is -0.493 e. The van der Waals surface area contributed by atoms with Crippen LogP contribution in [-0.2, 0) is 11.2 Å². The van der Waals surface area contributed by atoms with E-state index in [1.54, 1.807) is 14.2 Å². The monoisotopic (exact) mass is 348 g/mol. The van der Waals surface area contributed by atoms with E-state index in [2.05, 4.69) is 24.1 Å². The Morgan fingerprint density at radius 2 is 1.88 bits per heavy atom. The van der Waals surface area contributed by atoms with Crippen LogP contribution in [0.25, 0.3) is 0 Å². The number of benzene rings is 1. The quantitative estimate of drug-likeness (QED) is 0.785. The number of nitrogens with one attached hydrogen (secondary N) is 1. The van der Waals surface area contributed by atoms with E-state index in [-0.39, 0.29) is 5.92 Å². The van der Waals surface area contributed by atoms with Crippen LogP contribution in [0.5, 0.6) is 11.5 Å². The molecule has 0 radical (unpaired) electrons. The van der Waals surface area contributed by atoms with Gasteiger partial charge in [0.1, 0.15) is 0 Å². The Labute approximate surface area is 151 Å². The van der Waals surface area contributed by atoms with E-state index >= 15 is 0 Å². The van der Waals surface area contributed by atoms with Crippen molar-refractivity contribution in [3.05, 3.63) is 23.8 Å². The van der Waals surface area contributed by atoms with Crippen molar-refractivity contribution in [1.29, 1.82) is 0 Å². The summed E-state index contributed by atoms with van der Waals surface area (Å²) in [6.07, 6.45) is 2.72. The highest BCUT2D eigenvalue weighted by atomic mass is 16.5. The van der Waals surface area contributed by atoms with Crippen LogP contribution in [0.4, 0.5) is 0 Å². The molecule has 1 aliphatic rings. The summed E-state index contributed by atoms with van der Waals surface area (Å²) in [5, 5.41) is 3.33. The third kappa shape index (κ3) is 5.63. The van der Waals surface area contributed by atoms with Crippen molar-refractivity contribution in [1.82, 2.24) is 10.2 Å². The van der Waals surface area contributed by atoms with E-state index < -0.39 is 0 Å². The lowest BCUT2D eigenvalue weighted by atomic mass is 9.96. The van der Waals surface area contributed by atoms with Crippen LogP contribution < -0.4 is 14.8 Å². The van der Waals surface area contributed by atoms with Gasteiger partial charge in [-0.05, 0) is 56.0 Å². The van der Waals surface area contributed by atoms with Crippen LogP contribution in [-0.4, -0.2) is 51.2 Å². The van der Waals surface area contributed by atoms with Gasteiger partial charge in [0.2, 0.25) is 5.91 Å². The molecule has 0 saturated carbocycles. The van der Waals surface area contributed by atoms with Crippen LogP contribution in [0.15, 0.2) is 18.2 Å². The van der Waals surface area contributed by atoms with Crippen LogP contribution in [0.3, 0.4) is 0 Å². The summed E-state index contributed by atoms with van der Waals surface area (Å²) in [5.74, 6) is 2.42. The van der Waals surface area contributed by atoms with Crippen LogP contribution in [0.2, 0.25) is 0 Å². The number of carbonyl (C=O) groups is 1. The number of carbonyl (C=O) groups excluding carboxylic acids is 1. The predicted octanol–water partition coefficient (Wildman–Crippen LogP) is 2.73. The minimum absolute atomic E-state index is 0.172. The minimum atomic E-state index is 0.172. The second-order valence-electron chi connectivity index (χ2n) is 7.14. The zero-order valence-corrected chi connectivity index (χ0v) is 16.0. The van der Waals surface area contributed by atoms with Crippen molar-refractivity contribution in [2.24, 2.45) is 11.8 Å². The van der Waals surface area contributed by atoms with Gasteiger partial charge < -0.3 is 19.7 Å². The topological polar surface area (TPSA) is 50.8 Å². The van der Waals surface area contributed by atoms with Gasteiger partial charge in [0.25, 0.3) is 0 Å². The molecule has 1 aromatic carbocycles. The molecule has 0 aliphatic carbocycles. The Bertz CT molecular complexity index is 554. The molecule has 1 saturated heterocycles. The van der Waals surface area contributed by atoms with Crippen molar-refractivity contribution in [2.45, 2.75) is 33.1 Å².